The van der Waals surface area contributed by atoms with Crippen molar-refractivity contribution >= 4 is 0 Å². The fourth-order valence-electron chi connectivity index (χ4n) is 2.11. The minimum absolute atomic E-state index is 0.193. The molecule has 1 heterocycles. The van der Waals surface area contributed by atoms with Gasteiger partial charge in [-0.2, -0.15) is 0 Å². The predicted octanol–water partition coefficient (Wildman–Crippen LogP) is 3.87. The third-order valence-electron chi connectivity index (χ3n) is 3.29. The Labute approximate surface area is 133 Å². The lowest BCUT2D eigenvalue weighted by Crippen LogP contribution is -1.99. The molecule has 116 valence electrons. The standard InChI is InChI=1S/C18H15FN2O2/c1-22-17-8-7-14(9-15(17)19)16-10-20-11-18(21-16)23-12-13-5-3-2-4-6-13/h2-11H,12H2,1H3. The number of aromatic nitrogens is 2. The van der Waals surface area contributed by atoms with E-state index in [-0.39, 0.29) is 5.75 Å². The molecule has 0 bridgehead atoms. The molecule has 3 rings (SSSR count). The Bertz CT molecular complexity index is 794. The molecule has 0 saturated carbocycles. The van der Waals surface area contributed by atoms with Gasteiger partial charge in [0.2, 0.25) is 5.88 Å². The highest BCUT2D eigenvalue weighted by molar-refractivity contribution is 5.59. The first kappa shape index (κ1) is 15.0. The van der Waals surface area contributed by atoms with Crippen molar-refractivity contribution in [3.05, 3.63) is 72.3 Å². The highest BCUT2D eigenvalue weighted by Gasteiger charge is 2.08. The molecule has 0 aliphatic rings. The summed E-state index contributed by atoms with van der Waals surface area (Å²) in [7, 11) is 1.43. The molecular weight excluding hydrogens is 295 g/mol. The molecule has 0 spiro atoms. The van der Waals surface area contributed by atoms with Crippen molar-refractivity contribution in [2.75, 3.05) is 7.11 Å². The molecule has 0 atom stereocenters. The Morgan fingerprint density at radius 1 is 1.04 bits per heavy atom. The van der Waals surface area contributed by atoms with E-state index >= 15 is 0 Å². The summed E-state index contributed by atoms with van der Waals surface area (Å²) in [6.45, 7) is 0.399. The summed E-state index contributed by atoms with van der Waals surface area (Å²) in [5, 5.41) is 0. The van der Waals surface area contributed by atoms with Gasteiger partial charge in [-0.05, 0) is 23.8 Å². The van der Waals surface area contributed by atoms with E-state index in [2.05, 4.69) is 9.97 Å². The number of rotatable bonds is 5. The van der Waals surface area contributed by atoms with Gasteiger partial charge in [0.25, 0.3) is 0 Å². The van der Waals surface area contributed by atoms with Crippen molar-refractivity contribution in [3.8, 4) is 22.9 Å². The van der Waals surface area contributed by atoms with Crippen LogP contribution in [0, 0.1) is 5.82 Å². The van der Waals surface area contributed by atoms with Crippen molar-refractivity contribution < 1.29 is 13.9 Å². The zero-order valence-electron chi connectivity index (χ0n) is 12.6. The van der Waals surface area contributed by atoms with Crippen LogP contribution in [0.3, 0.4) is 0 Å². The smallest absolute Gasteiger partial charge is 0.233 e. The van der Waals surface area contributed by atoms with Gasteiger partial charge >= 0.3 is 0 Å². The Hall–Kier alpha value is -2.95. The van der Waals surface area contributed by atoms with Crippen LogP contribution in [0.15, 0.2) is 60.9 Å². The SMILES string of the molecule is COc1ccc(-c2cncc(OCc3ccccc3)n2)cc1F. The number of halogens is 1. The topological polar surface area (TPSA) is 44.2 Å². The van der Waals surface area contributed by atoms with E-state index in [1.807, 2.05) is 30.3 Å². The Morgan fingerprint density at radius 2 is 1.87 bits per heavy atom. The van der Waals surface area contributed by atoms with Crippen LogP contribution in [0.25, 0.3) is 11.3 Å². The van der Waals surface area contributed by atoms with Crippen LogP contribution in [-0.4, -0.2) is 17.1 Å². The molecule has 3 aromatic rings. The molecule has 2 aromatic carbocycles. The molecule has 0 N–H and O–H groups in total. The van der Waals surface area contributed by atoms with Crippen LogP contribution in [0.2, 0.25) is 0 Å². The second-order valence-corrected chi connectivity index (χ2v) is 4.87. The third kappa shape index (κ3) is 3.63. The number of hydrogen-bond donors (Lipinski definition) is 0. The highest BCUT2D eigenvalue weighted by atomic mass is 19.1. The summed E-state index contributed by atoms with van der Waals surface area (Å²) in [6.07, 6.45) is 3.10. The number of methoxy groups -OCH3 is 1. The van der Waals surface area contributed by atoms with E-state index in [0.717, 1.165) is 5.56 Å². The quantitative estimate of drug-likeness (QED) is 0.717. The second kappa shape index (κ2) is 6.87. The molecule has 5 heteroatoms. The maximum atomic E-state index is 13.8. The molecule has 0 amide bonds. The summed E-state index contributed by atoms with van der Waals surface area (Å²) < 4.78 is 24.4. The summed E-state index contributed by atoms with van der Waals surface area (Å²) in [5.74, 6) is 0.142. The lowest BCUT2D eigenvalue weighted by Gasteiger charge is -2.08. The second-order valence-electron chi connectivity index (χ2n) is 4.87. The molecule has 23 heavy (non-hydrogen) atoms. The minimum atomic E-state index is -0.442. The van der Waals surface area contributed by atoms with Crippen LogP contribution in [0.5, 0.6) is 11.6 Å². The highest BCUT2D eigenvalue weighted by Crippen LogP contribution is 2.25. The summed E-state index contributed by atoms with van der Waals surface area (Å²) >= 11 is 0. The maximum Gasteiger partial charge on any atom is 0.233 e. The zero-order chi connectivity index (χ0) is 16.1. The van der Waals surface area contributed by atoms with Gasteiger partial charge in [0.1, 0.15) is 6.61 Å². The average molecular weight is 310 g/mol. The van der Waals surface area contributed by atoms with Gasteiger partial charge in [0.15, 0.2) is 11.6 Å². The minimum Gasteiger partial charge on any atom is -0.494 e. The van der Waals surface area contributed by atoms with Gasteiger partial charge in [-0.3, -0.25) is 4.98 Å². The maximum absolute atomic E-state index is 13.8. The Morgan fingerprint density at radius 3 is 2.61 bits per heavy atom. The van der Waals surface area contributed by atoms with E-state index in [4.69, 9.17) is 9.47 Å². The molecule has 0 unspecified atom stereocenters. The van der Waals surface area contributed by atoms with Crippen LogP contribution in [0.4, 0.5) is 4.39 Å². The number of ether oxygens (including phenoxy) is 2. The molecule has 0 radical (unpaired) electrons. The Kier molecular flexibility index (Phi) is 4.47. The van der Waals surface area contributed by atoms with Crippen molar-refractivity contribution in [1.29, 1.82) is 0 Å². The van der Waals surface area contributed by atoms with E-state index in [1.54, 1.807) is 18.3 Å². The summed E-state index contributed by atoms with van der Waals surface area (Å²) in [5.41, 5.74) is 2.19. The summed E-state index contributed by atoms with van der Waals surface area (Å²) in [4.78, 5) is 8.47. The van der Waals surface area contributed by atoms with Gasteiger partial charge in [-0.15, -0.1) is 0 Å². The van der Waals surface area contributed by atoms with Crippen molar-refractivity contribution in [3.63, 3.8) is 0 Å². The lowest BCUT2D eigenvalue weighted by atomic mass is 10.1. The fraction of sp³-hybridized carbons (Fsp3) is 0.111. The molecule has 4 nitrogen and oxygen atoms in total. The van der Waals surface area contributed by atoms with Gasteiger partial charge in [-0.1, -0.05) is 30.3 Å². The van der Waals surface area contributed by atoms with E-state index in [0.29, 0.717) is 23.7 Å². The summed E-state index contributed by atoms with van der Waals surface area (Å²) in [6, 6.07) is 14.4. The first-order valence-corrected chi connectivity index (χ1v) is 7.09. The van der Waals surface area contributed by atoms with Crippen LogP contribution in [-0.2, 0) is 6.61 Å². The third-order valence-corrected chi connectivity index (χ3v) is 3.29. The van der Waals surface area contributed by atoms with Crippen molar-refractivity contribution in [2.24, 2.45) is 0 Å². The fourth-order valence-corrected chi connectivity index (χ4v) is 2.11. The Balaban J connectivity index is 1.78. The first-order valence-electron chi connectivity index (χ1n) is 7.09. The number of hydrogen-bond acceptors (Lipinski definition) is 4. The first-order chi connectivity index (χ1) is 11.3. The van der Waals surface area contributed by atoms with Crippen LogP contribution in [0.1, 0.15) is 5.56 Å². The molecular formula is C18H15FN2O2. The van der Waals surface area contributed by atoms with Gasteiger partial charge in [0, 0.05) is 5.56 Å². The lowest BCUT2D eigenvalue weighted by molar-refractivity contribution is 0.293. The molecule has 0 aliphatic carbocycles. The molecule has 0 aliphatic heterocycles. The molecule has 1 aromatic heterocycles. The monoisotopic (exact) mass is 310 g/mol. The van der Waals surface area contributed by atoms with E-state index in [1.165, 1.54) is 19.4 Å². The van der Waals surface area contributed by atoms with Gasteiger partial charge in [0.05, 0.1) is 25.2 Å². The number of nitrogens with zero attached hydrogens (tertiary/aromatic N) is 2. The number of benzene rings is 2. The van der Waals surface area contributed by atoms with Crippen molar-refractivity contribution in [1.82, 2.24) is 9.97 Å². The largest absolute Gasteiger partial charge is 0.494 e. The molecule has 0 saturated heterocycles. The van der Waals surface area contributed by atoms with E-state index < -0.39 is 5.82 Å². The van der Waals surface area contributed by atoms with E-state index in [9.17, 15) is 4.39 Å². The van der Waals surface area contributed by atoms with Crippen molar-refractivity contribution in [2.45, 2.75) is 6.61 Å². The zero-order valence-corrected chi connectivity index (χ0v) is 12.6. The predicted molar refractivity (Wildman–Crippen MR) is 84.8 cm³/mol. The normalized spacial score (nSPS) is 10.3. The average Bonchev–Trinajstić information content (AvgIpc) is 2.61. The van der Waals surface area contributed by atoms with Crippen LogP contribution < -0.4 is 9.47 Å². The van der Waals surface area contributed by atoms with Crippen LogP contribution >= 0.6 is 0 Å². The molecule has 0 fully saturated rings. The van der Waals surface area contributed by atoms with Gasteiger partial charge in [-0.25, -0.2) is 9.37 Å². The van der Waals surface area contributed by atoms with Gasteiger partial charge < -0.3 is 9.47 Å².